The first-order valence-electron chi connectivity index (χ1n) is 5.67. The van der Waals surface area contributed by atoms with Crippen LogP contribution in [0.25, 0.3) is 0 Å². The smallest absolute Gasteiger partial charge is 0.276 e. The van der Waals surface area contributed by atoms with Crippen LogP contribution in [-0.2, 0) is 7.05 Å². The van der Waals surface area contributed by atoms with Crippen molar-refractivity contribution in [2.75, 3.05) is 12.4 Å². The predicted molar refractivity (Wildman–Crippen MR) is 76.6 cm³/mol. The largest absolute Gasteiger partial charge is 0.481 e. The SMILES string of the molecule is COc1cc(C(=O)Nc2cccc(Br)c2C)nn1C. The van der Waals surface area contributed by atoms with Crippen LogP contribution in [0.1, 0.15) is 16.1 Å². The van der Waals surface area contributed by atoms with E-state index in [9.17, 15) is 4.79 Å². The maximum absolute atomic E-state index is 12.1. The van der Waals surface area contributed by atoms with Gasteiger partial charge in [-0.2, -0.15) is 5.10 Å². The number of hydrogen-bond donors (Lipinski definition) is 1. The quantitative estimate of drug-likeness (QED) is 0.944. The number of amides is 1. The number of halogens is 1. The Morgan fingerprint density at radius 2 is 2.21 bits per heavy atom. The van der Waals surface area contributed by atoms with Crippen LogP contribution in [-0.4, -0.2) is 22.8 Å². The fourth-order valence-electron chi connectivity index (χ4n) is 1.68. The highest BCUT2D eigenvalue weighted by atomic mass is 79.9. The van der Waals surface area contributed by atoms with Gasteiger partial charge in [-0.05, 0) is 24.6 Å². The molecule has 1 aromatic carbocycles. The second-order valence-electron chi connectivity index (χ2n) is 4.06. The molecule has 0 unspecified atom stereocenters. The molecule has 0 fully saturated rings. The lowest BCUT2D eigenvalue weighted by molar-refractivity contribution is 0.102. The molecule has 1 aromatic heterocycles. The number of aryl methyl sites for hydroxylation is 1. The average molecular weight is 324 g/mol. The van der Waals surface area contributed by atoms with E-state index in [1.165, 1.54) is 11.8 Å². The molecule has 1 amide bonds. The van der Waals surface area contributed by atoms with Gasteiger partial charge in [-0.1, -0.05) is 22.0 Å². The van der Waals surface area contributed by atoms with Crippen LogP contribution < -0.4 is 10.1 Å². The van der Waals surface area contributed by atoms with Gasteiger partial charge in [0.2, 0.25) is 5.88 Å². The molecule has 1 N–H and O–H groups in total. The number of ether oxygens (including phenoxy) is 1. The average Bonchev–Trinajstić information content (AvgIpc) is 2.76. The Bertz CT molecular complexity index is 622. The molecule has 0 radical (unpaired) electrons. The summed E-state index contributed by atoms with van der Waals surface area (Å²) < 4.78 is 7.55. The normalized spacial score (nSPS) is 10.3. The number of rotatable bonds is 3. The van der Waals surface area contributed by atoms with E-state index in [2.05, 4.69) is 26.3 Å². The molecule has 6 heteroatoms. The third-order valence-corrected chi connectivity index (χ3v) is 3.65. The molecule has 1 heterocycles. The monoisotopic (exact) mass is 323 g/mol. The zero-order chi connectivity index (χ0) is 14.0. The molecule has 0 saturated carbocycles. The van der Waals surface area contributed by atoms with Crippen LogP contribution in [0.15, 0.2) is 28.7 Å². The molecular weight excluding hydrogens is 310 g/mol. The Kier molecular flexibility index (Phi) is 3.90. The summed E-state index contributed by atoms with van der Waals surface area (Å²) in [5, 5.41) is 6.93. The lowest BCUT2D eigenvalue weighted by Gasteiger charge is -2.08. The predicted octanol–water partition coefficient (Wildman–Crippen LogP) is 2.75. The van der Waals surface area contributed by atoms with Gasteiger partial charge in [0, 0.05) is 23.3 Å². The van der Waals surface area contributed by atoms with Crippen molar-refractivity contribution in [2.45, 2.75) is 6.92 Å². The summed E-state index contributed by atoms with van der Waals surface area (Å²) in [5.74, 6) is 0.274. The molecule has 2 rings (SSSR count). The molecule has 0 aliphatic heterocycles. The first kappa shape index (κ1) is 13.6. The van der Waals surface area contributed by atoms with Crippen molar-refractivity contribution in [2.24, 2.45) is 7.05 Å². The Hall–Kier alpha value is -1.82. The lowest BCUT2D eigenvalue weighted by Crippen LogP contribution is -2.13. The van der Waals surface area contributed by atoms with Crippen molar-refractivity contribution < 1.29 is 9.53 Å². The summed E-state index contributed by atoms with van der Waals surface area (Å²) in [6, 6.07) is 7.24. The second kappa shape index (κ2) is 5.44. The number of carbonyl (C=O) groups is 1. The van der Waals surface area contributed by atoms with E-state index in [1.807, 2.05) is 25.1 Å². The molecule has 5 nitrogen and oxygen atoms in total. The number of benzene rings is 1. The van der Waals surface area contributed by atoms with Crippen molar-refractivity contribution in [1.29, 1.82) is 0 Å². The highest BCUT2D eigenvalue weighted by molar-refractivity contribution is 9.10. The fourth-order valence-corrected chi connectivity index (χ4v) is 2.05. The molecule has 0 spiro atoms. The maximum Gasteiger partial charge on any atom is 0.276 e. The summed E-state index contributed by atoms with van der Waals surface area (Å²) in [7, 11) is 3.26. The molecule has 0 atom stereocenters. The minimum atomic E-state index is -0.264. The van der Waals surface area contributed by atoms with Gasteiger partial charge in [0.15, 0.2) is 5.69 Å². The highest BCUT2D eigenvalue weighted by Crippen LogP contribution is 2.24. The van der Waals surface area contributed by atoms with E-state index in [-0.39, 0.29) is 5.91 Å². The van der Waals surface area contributed by atoms with Crippen molar-refractivity contribution >= 4 is 27.5 Å². The molecule has 0 aliphatic rings. The van der Waals surface area contributed by atoms with E-state index in [0.29, 0.717) is 11.6 Å². The van der Waals surface area contributed by atoms with Gasteiger partial charge in [0.05, 0.1) is 7.11 Å². The molecule has 100 valence electrons. The van der Waals surface area contributed by atoms with Crippen LogP contribution >= 0.6 is 15.9 Å². The van der Waals surface area contributed by atoms with E-state index >= 15 is 0 Å². The molecule has 0 saturated heterocycles. The topological polar surface area (TPSA) is 56.1 Å². The first-order chi connectivity index (χ1) is 9.02. The van der Waals surface area contributed by atoms with Crippen LogP contribution in [0.4, 0.5) is 5.69 Å². The van der Waals surface area contributed by atoms with Crippen molar-refractivity contribution in [3.8, 4) is 5.88 Å². The molecule has 0 bridgehead atoms. The molecule has 19 heavy (non-hydrogen) atoms. The Balaban J connectivity index is 2.23. The maximum atomic E-state index is 12.1. The van der Waals surface area contributed by atoms with E-state index in [4.69, 9.17) is 4.74 Å². The fraction of sp³-hybridized carbons (Fsp3) is 0.231. The number of nitrogens with one attached hydrogen (secondary N) is 1. The number of carbonyl (C=O) groups excluding carboxylic acids is 1. The van der Waals surface area contributed by atoms with Gasteiger partial charge in [0.1, 0.15) is 0 Å². The van der Waals surface area contributed by atoms with Crippen LogP contribution in [0.5, 0.6) is 5.88 Å². The van der Waals surface area contributed by atoms with Crippen LogP contribution in [0.3, 0.4) is 0 Å². The van der Waals surface area contributed by atoms with Crippen molar-refractivity contribution in [3.63, 3.8) is 0 Å². The lowest BCUT2D eigenvalue weighted by atomic mass is 10.2. The van der Waals surface area contributed by atoms with Gasteiger partial charge < -0.3 is 10.1 Å². The molecular formula is C13H14BrN3O2. The highest BCUT2D eigenvalue weighted by Gasteiger charge is 2.14. The van der Waals surface area contributed by atoms with Gasteiger partial charge in [-0.15, -0.1) is 0 Å². The number of methoxy groups -OCH3 is 1. The Labute approximate surface area is 119 Å². The minimum Gasteiger partial charge on any atom is -0.481 e. The van der Waals surface area contributed by atoms with Gasteiger partial charge in [-0.25, -0.2) is 4.68 Å². The zero-order valence-corrected chi connectivity index (χ0v) is 12.5. The summed E-state index contributed by atoms with van der Waals surface area (Å²) in [6.07, 6.45) is 0. The Morgan fingerprint density at radius 1 is 1.47 bits per heavy atom. The summed E-state index contributed by atoms with van der Waals surface area (Å²) >= 11 is 3.43. The van der Waals surface area contributed by atoms with Crippen LogP contribution in [0.2, 0.25) is 0 Å². The van der Waals surface area contributed by atoms with E-state index in [1.54, 1.807) is 13.1 Å². The van der Waals surface area contributed by atoms with Crippen molar-refractivity contribution in [3.05, 3.63) is 40.0 Å². The van der Waals surface area contributed by atoms with Gasteiger partial charge in [-0.3, -0.25) is 4.79 Å². The molecule has 0 aliphatic carbocycles. The summed E-state index contributed by atoms with van der Waals surface area (Å²) in [6.45, 7) is 1.93. The van der Waals surface area contributed by atoms with Crippen molar-refractivity contribution in [1.82, 2.24) is 9.78 Å². The number of nitrogens with zero attached hydrogens (tertiary/aromatic N) is 2. The number of anilines is 1. The third kappa shape index (κ3) is 2.78. The Morgan fingerprint density at radius 3 is 2.84 bits per heavy atom. The standard InChI is InChI=1S/C13H14BrN3O2/c1-8-9(14)5-4-6-10(8)15-13(18)11-7-12(19-3)17(2)16-11/h4-7H,1-3H3,(H,15,18). The first-order valence-corrected chi connectivity index (χ1v) is 6.46. The second-order valence-corrected chi connectivity index (χ2v) is 4.92. The third-order valence-electron chi connectivity index (χ3n) is 2.79. The number of aromatic nitrogens is 2. The summed E-state index contributed by atoms with van der Waals surface area (Å²) in [5.41, 5.74) is 2.04. The molecule has 2 aromatic rings. The van der Waals surface area contributed by atoms with Crippen LogP contribution in [0, 0.1) is 6.92 Å². The zero-order valence-electron chi connectivity index (χ0n) is 10.9. The number of hydrogen-bond acceptors (Lipinski definition) is 3. The van der Waals surface area contributed by atoms with E-state index < -0.39 is 0 Å². The minimum absolute atomic E-state index is 0.264. The van der Waals surface area contributed by atoms with Gasteiger partial charge in [0.25, 0.3) is 5.91 Å². The van der Waals surface area contributed by atoms with E-state index in [0.717, 1.165) is 15.7 Å². The van der Waals surface area contributed by atoms with Gasteiger partial charge >= 0.3 is 0 Å². The summed E-state index contributed by atoms with van der Waals surface area (Å²) in [4.78, 5) is 12.1.